The zero-order valence-electron chi connectivity index (χ0n) is 10.2. The quantitative estimate of drug-likeness (QED) is 0.832. The molecule has 0 aliphatic carbocycles. The number of aromatic nitrogens is 2. The second kappa shape index (κ2) is 5.09. The Kier molecular flexibility index (Phi) is 3.14. The lowest BCUT2D eigenvalue weighted by Gasteiger charge is -2.15. The summed E-state index contributed by atoms with van der Waals surface area (Å²) in [6.07, 6.45) is 8.46. The molecule has 1 fully saturated rings. The van der Waals surface area contributed by atoms with Crippen LogP contribution in [0.5, 0.6) is 5.88 Å². The van der Waals surface area contributed by atoms with E-state index in [2.05, 4.69) is 9.97 Å². The van der Waals surface area contributed by atoms with Gasteiger partial charge in [0.15, 0.2) is 0 Å². The molecule has 6 heteroatoms. The highest BCUT2D eigenvalue weighted by Crippen LogP contribution is 2.18. The number of hydrogen-bond acceptors (Lipinski definition) is 5. The SMILES string of the molecule is O=C(c1ccoc1)N1CC[C@H](Oc2cnccn2)C1. The van der Waals surface area contributed by atoms with E-state index in [0.29, 0.717) is 24.5 Å². The minimum atomic E-state index is -0.0347. The van der Waals surface area contributed by atoms with Crippen LogP contribution in [0.15, 0.2) is 41.6 Å². The average molecular weight is 259 g/mol. The molecule has 3 heterocycles. The van der Waals surface area contributed by atoms with Crippen LogP contribution in [0.4, 0.5) is 0 Å². The van der Waals surface area contributed by atoms with Crippen LogP contribution in [0.1, 0.15) is 16.8 Å². The summed E-state index contributed by atoms with van der Waals surface area (Å²) in [5, 5.41) is 0. The van der Waals surface area contributed by atoms with Crippen LogP contribution in [-0.4, -0.2) is 40.0 Å². The number of likely N-dealkylation sites (tertiary alicyclic amines) is 1. The van der Waals surface area contributed by atoms with Crippen LogP contribution < -0.4 is 4.74 Å². The number of furan rings is 1. The van der Waals surface area contributed by atoms with E-state index in [-0.39, 0.29) is 12.0 Å². The first kappa shape index (κ1) is 11.7. The molecule has 0 unspecified atom stereocenters. The zero-order chi connectivity index (χ0) is 13.1. The van der Waals surface area contributed by atoms with Crippen molar-refractivity contribution in [2.75, 3.05) is 13.1 Å². The van der Waals surface area contributed by atoms with E-state index < -0.39 is 0 Å². The van der Waals surface area contributed by atoms with Crippen molar-refractivity contribution in [1.29, 1.82) is 0 Å². The van der Waals surface area contributed by atoms with E-state index in [1.165, 1.54) is 12.5 Å². The lowest BCUT2D eigenvalue weighted by molar-refractivity contribution is 0.0770. The summed E-state index contributed by atoms with van der Waals surface area (Å²) in [7, 11) is 0. The molecule has 0 bridgehead atoms. The summed E-state index contributed by atoms with van der Waals surface area (Å²) < 4.78 is 10.6. The van der Waals surface area contributed by atoms with Gasteiger partial charge in [-0.3, -0.25) is 9.78 Å². The fraction of sp³-hybridized carbons (Fsp3) is 0.308. The van der Waals surface area contributed by atoms with Gasteiger partial charge in [0.25, 0.3) is 5.91 Å². The molecule has 1 saturated heterocycles. The first-order chi connectivity index (χ1) is 9.33. The molecule has 3 rings (SSSR count). The largest absolute Gasteiger partial charge is 0.472 e. The number of ether oxygens (including phenoxy) is 1. The lowest BCUT2D eigenvalue weighted by atomic mass is 10.3. The molecule has 0 saturated carbocycles. The van der Waals surface area contributed by atoms with E-state index in [4.69, 9.17) is 9.15 Å². The maximum absolute atomic E-state index is 12.1. The van der Waals surface area contributed by atoms with Crippen LogP contribution in [0.3, 0.4) is 0 Å². The molecule has 1 atom stereocenters. The van der Waals surface area contributed by atoms with Gasteiger partial charge < -0.3 is 14.1 Å². The minimum absolute atomic E-state index is 0.0287. The molecule has 1 amide bonds. The third kappa shape index (κ3) is 2.57. The van der Waals surface area contributed by atoms with Crippen LogP contribution in [0.2, 0.25) is 0 Å². The Balaban J connectivity index is 1.60. The normalized spacial score (nSPS) is 18.5. The third-order valence-electron chi connectivity index (χ3n) is 3.03. The molecule has 2 aromatic rings. The smallest absolute Gasteiger partial charge is 0.257 e. The maximum Gasteiger partial charge on any atom is 0.257 e. The number of carbonyl (C=O) groups excluding carboxylic acids is 1. The molecule has 0 radical (unpaired) electrons. The Bertz CT molecular complexity index is 542. The van der Waals surface area contributed by atoms with Crippen molar-refractivity contribution in [3.05, 3.63) is 42.7 Å². The molecule has 0 N–H and O–H groups in total. The van der Waals surface area contributed by atoms with Gasteiger partial charge in [0.2, 0.25) is 5.88 Å². The number of carbonyl (C=O) groups is 1. The summed E-state index contributed by atoms with van der Waals surface area (Å²) in [4.78, 5) is 21.8. The van der Waals surface area contributed by atoms with Crippen molar-refractivity contribution in [2.24, 2.45) is 0 Å². The van der Waals surface area contributed by atoms with Gasteiger partial charge in [-0.2, -0.15) is 0 Å². The van der Waals surface area contributed by atoms with Crippen molar-refractivity contribution in [3.63, 3.8) is 0 Å². The van der Waals surface area contributed by atoms with Gasteiger partial charge in [0, 0.05) is 25.4 Å². The molecule has 19 heavy (non-hydrogen) atoms. The van der Waals surface area contributed by atoms with Gasteiger partial charge in [-0.1, -0.05) is 0 Å². The Morgan fingerprint density at radius 3 is 3.16 bits per heavy atom. The van der Waals surface area contributed by atoms with Crippen LogP contribution in [0, 0.1) is 0 Å². The first-order valence-corrected chi connectivity index (χ1v) is 6.07. The second-order valence-electron chi connectivity index (χ2n) is 4.34. The zero-order valence-corrected chi connectivity index (χ0v) is 10.2. The predicted octanol–water partition coefficient (Wildman–Crippen LogP) is 1.36. The van der Waals surface area contributed by atoms with Crippen molar-refractivity contribution < 1.29 is 13.9 Å². The van der Waals surface area contributed by atoms with Crippen molar-refractivity contribution in [3.8, 4) is 5.88 Å². The molecule has 6 nitrogen and oxygen atoms in total. The van der Waals surface area contributed by atoms with E-state index in [9.17, 15) is 4.79 Å². The average Bonchev–Trinajstić information content (AvgIpc) is 3.10. The molecule has 0 aromatic carbocycles. The monoisotopic (exact) mass is 259 g/mol. The van der Waals surface area contributed by atoms with Crippen molar-refractivity contribution in [2.45, 2.75) is 12.5 Å². The standard InChI is InChI=1S/C13H13N3O3/c17-13(10-2-6-18-9-10)16-5-1-11(8-16)19-12-7-14-3-4-15-12/h2-4,6-7,9,11H,1,5,8H2/t11-/m0/s1. The number of amides is 1. The second-order valence-corrected chi connectivity index (χ2v) is 4.34. The topological polar surface area (TPSA) is 68.5 Å². The molecular formula is C13H13N3O3. The van der Waals surface area contributed by atoms with Crippen LogP contribution >= 0.6 is 0 Å². The number of rotatable bonds is 3. The van der Waals surface area contributed by atoms with E-state index in [1.54, 1.807) is 29.6 Å². The van der Waals surface area contributed by atoms with Gasteiger partial charge in [0.1, 0.15) is 12.4 Å². The predicted molar refractivity (Wildman–Crippen MR) is 65.7 cm³/mol. The van der Waals surface area contributed by atoms with Gasteiger partial charge in [-0.15, -0.1) is 0 Å². The number of hydrogen-bond donors (Lipinski definition) is 0. The highest BCUT2D eigenvalue weighted by atomic mass is 16.5. The highest BCUT2D eigenvalue weighted by Gasteiger charge is 2.28. The van der Waals surface area contributed by atoms with E-state index in [0.717, 1.165) is 6.42 Å². The molecule has 1 aliphatic heterocycles. The van der Waals surface area contributed by atoms with Crippen LogP contribution in [0.25, 0.3) is 0 Å². The molecule has 0 spiro atoms. The highest BCUT2D eigenvalue weighted by molar-refractivity contribution is 5.94. The lowest BCUT2D eigenvalue weighted by Crippen LogP contribution is -2.30. The summed E-state index contributed by atoms with van der Waals surface area (Å²) in [6, 6.07) is 1.67. The van der Waals surface area contributed by atoms with Crippen molar-refractivity contribution in [1.82, 2.24) is 14.9 Å². The summed E-state index contributed by atoms with van der Waals surface area (Å²) in [5.41, 5.74) is 0.570. The van der Waals surface area contributed by atoms with Gasteiger partial charge in [-0.25, -0.2) is 4.98 Å². The maximum atomic E-state index is 12.1. The Hall–Kier alpha value is -2.37. The first-order valence-electron chi connectivity index (χ1n) is 6.07. The summed E-state index contributed by atoms with van der Waals surface area (Å²) in [5.74, 6) is 0.462. The molecular weight excluding hydrogens is 246 g/mol. The third-order valence-corrected chi connectivity index (χ3v) is 3.03. The van der Waals surface area contributed by atoms with Gasteiger partial charge in [-0.05, 0) is 6.07 Å². The Labute approximate surface area is 110 Å². The Morgan fingerprint density at radius 2 is 2.42 bits per heavy atom. The molecule has 1 aliphatic rings. The molecule has 2 aromatic heterocycles. The minimum Gasteiger partial charge on any atom is -0.472 e. The van der Waals surface area contributed by atoms with E-state index >= 15 is 0 Å². The van der Waals surface area contributed by atoms with Crippen LogP contribution in [-0.2, 0) is 0 Å². The van der Waals surface area contributed by atoms with E-state index in [1.807, 2.05) is 0 Å². The summed E-state index contributed by atoms with van der Waals surface area (Å²) in [6.45, 7) is 1.23. The van der Waals surface area contributed by atoms with Crippen molar-refractivity contribution >= 4 is 5.91 Å². The molecule has 98 valence electrons. The fourth-order valence-electron chi connectivity index (χ4n) is 2.09. The number of nitrogens with zero attached hydrogens (tertiary/aromatic N) is 3. The fourth-order valence-corrected chi connectivity index (χ4v) is 2.09. The van der Waals surface area contributed by atoms with Gasteiger partial charge >= 0.3 is 0 Å². The summed E-state index contributed by atoms with van der Waals surface area (Å²) >= 11 is 0. The van der Waals surface area contributed by atoms with Gasteiger partial charge in [0.05, 0.1) is 24.6 Å². The Morgan fingerprint density at radius 1 is 1.47 bits per heavy atom.